The van der Waals surface area contributed by atoms with Crippen molar-refractivity contribution in [1.29, 1.82) is 5.41 Å². The van der Waals surface area contributed by atoms with Crippen LogP contribution in [0.2, 0.25) is 0 Å². The molecule has 0 radical (unpaired) electrons. The number of carbonyl (C=O) groups excluding carboxylic acids is 3. The van der Waals surface area contributed by atoms with Gasteiger partial charge in [0.15, 0.2) is 31.2 Å². The Hall–Kier alpha value is -3.96. The quantitative estimate of drug-likeness (QED) is 0.196. The molecule has 7 rings (SSSR count). The molecule has 256 valence electrons. The molecule has 3 heterocycles. The average molecular weight is 669 g/mol. The summed E-state index contributed by atoms with van der Waals surface area (Å²) < 4.78 is 40.3. The van der Waals surface area contributed by atoms with Gasteiger partial charge in [-0.3, -0.25) is 24.7 Å². The number of morpholine rings is 1. The molecule has 0 amide bonds. The summed E-state index contributed by atoms with van der Waals surface area (Å²) in [5.41, 5.74) is -2.97. The summed E-state index contributed by atoms with van der Waals surface area (Å²) in [5, 5.41) is 44.4. The first-order valence-corrected chi connectivity index (χ1v) is 15.6. The molecule has 2 aromatic carbocycles. The predicted molar refractivity (Wildman–Crippen MR) is 161 cm³/mol. The summed E-state index contributed by atoms with van der Waals surface area (Å²) in [6.07, 6.45) is -4.73. The highest BCUT2D eigenvalue weighted by Gasteiger charge is 2.55. The third-order valence-corrected chi connectivity index (χ3v) is 10.0. The van der Waals surface area contributed by atoms with E-state index in [2.05, 4.69) is 9.64 Å². The second kappa shape index (κ2) is 12.2. The average Bonchev–Trinajstić information content (AvgIpc) is 3.46. The molecule has 0 bridgehead atoms. The Morgan fingerprint density at radius 1 is 1.17 bits per heavy atom. The molecule has 48 heavy (non-hydrogen) atoms. The lowest BCUT2D eigenvalue weighted by Gasteiger charge is -2.43. The van der Waals surface area contributed by atoms with Gasteiger partial charge in [-0.2, -0.15) is 0 Å². The Morgan fingerprint density at radius 2 is 1.96 bits per heavy atom. The molecule has 2 aliphatic carbocycles. The first-order valence-electron chi connectivity index (χ1n) is 15.6. The summed E-state index contributed by atoms with van der Waals surface area (Å²) >= 11 is 0. The van der Waals surface area contributed by atoms with Crippen LogP contribution < -0.4 is 4.74 Å². The number of Topliss-reactive ketones (excluding diaryl/α,β-unsaturated/α-hetero) is 1. The van der Waals surface area contributed by atoms with Crippen LogP contribution in [0.1, 0.15) is 64.0 Å². The van der Waals surface area contributed by atoms with Crippen LogP contribution in [0.25, 0.3) is 0 Å². The molecule has 0 aromatic heterocycles. The number of hydrogen-bond donors (Lipinski definition) is 4. The molecule has 0 spiro atoms. The first-order chi connectivity index (χ1) is 23.0. The van der Waals surface area contributed by atoms with E-state index >= 15 is 0 Å². The lowest BCUT2D eigenvalue weighted by molar-refractivity contribution is -0.256. The van der Waals surface area contributed by atoms with Gasteiger partial charge >= 0.3 is 0 Å². The second-order valence-electron chi connectivity index (χ2n) is 12.6. The van der Waals surface area contributed by atoms with Crippen LogP contribution in [0.15, 0.2) is 18.2 Å². The highest BCUT2D eigenvalue weighted by molar-refractivity contribution is 6.32. The van der Waals surface area contributed by atoms with Gasteiger partial charge in [-0.25, -0.2) is 0 Å². The van der Waals surface area contributed by atoms with E-state index in [0.29, 0.717) is 19.6 Å². The number of fused-ring (bicyclic) bond motifs is 6. The second-order valence-corrected chi connectivity index (χ2v) is 12.6. The minimum Gasteiger partial charge on any atom is -0.507 e. The third-order valence-electron chi connectivity index (χ3n) is 10.0. The molecule has 5 aliphatic rings. The molecule has 15 nitrogen and oxygen atoms in total. The van der Waals surface area contributed by atoms with Crippen LogP contribution in [-0.2, 0) is 44.4 Å². The zero-order valence-corrected chi connectivity index (χ0v) is 26.5. The highest BCUT2D eigenvalue weighted by atomic mass is 16.7. The van der Waals surface area contributed by atoms with Crippen molar-refractivity contribution in [3.63, 3.8) is 0 Å². The van der Waals surface area contributed by atoms with Crippen molar-refractivity contribution in [3.05, 3.63) is 51.6 Å². The molecule has 8 unspecified atom stereocenters. The van der Waals surface area contributed by atoms with Crippen molar-refractivity contribution in [3.8, 4) is 17.2 Å². The number of aromatic hydroxyl groups is 2. The van der Waals surface area contributed by atoms with E-state index in [1.165, 1.54) is 20.3 Å². The summed E-state index contributed by atoms with van der Waals surface area (Å²) in [7, 11) is 2.93. The number of aliphatic hydroxyl groups is 1. The van der Waals surface area contributed by atoms with E-state index in [-0.39, 0.29) is 63.5 Å². The molecule has 2 aromatic rings. The monoisotopic (exact) mass is 668 g/mol. The number of methoxy groups -OCH3 is 2. The first kappa shape index (κ1) is 32.6. The van der Waals surface area contributed by atoms with Crippen LogP contribution in [0.3, 0.4) is 0 Å². The maximum atomic E-state index is 13.8. The smallest absolute Gasteiger partial charge is 0.293 e. The number of phenolic OH excluding ortho intramolecular Hbond substituents is 2. The molecule has 4 N–H and O–H groups in total. The highest BCUT2D eigenvalue weighted by Crippen LogP contribution is 2.53. The van der Waals surface area contributed by atoms with Crippen LogP contribution in [0.5, 0.6) is 17.2 Å². The van der Waals surface area contributed by atoms with Gasteiger partial charge in [0.25, 0.3) is 6.47 Å². The number of rotatable bonds is 8. The summed E-state index contributed by atoms with van der Waals surface area (Å²) in [6.45, 7) is 2.15. The Balaban J connectivity index is 1.30. The zero-order chi connectivity index (χ0) is 34.1. The molecule has 3 fully saturated rings. The fraction of sp³-hybridized carbons (Fsp3) is 0.515. The topological polar surface area (TPSA) is 204 Å². The summed E-state index contributed by atoms with van der Waals surface area (Å²) in [4.78, 5) is 40.1. The van der Waals surface area contributed by atoms with Gasteiger partial charge in [0.1, 0.15) is 29.0 Å². The molecule has 3 aliphatic heterocycles. The number of nitrogens with zero attached hydrogens (tertiary/aromatic N) is 1. The molecule has 3 saturated heterocycles. The van der Waals surface area contributed by atoms with Crippen LogP contribution in [-0.4, -0.2) is 121 Å². The van der Waals surface area contributed by atoms with Crippen molar-refractivity contribution in [2.45, 2.75) is 74.9 Å². The fourth-order valence-electron chi connectivity index (χ4n) is 7.83. The fourth-order valence-corrected chi connectivity index (χ4v) is 7.83. The molecule has 15 heteroatoms. The molecule has 0 saturated carbocycles. The van der Waals surface area contributed by atoms with Crippen molar-refractivity contribution < 1.29 is 62.9 Å². The Labute approximate surface area is 274 Å². The lowest BCUT2D eigenvalue weighted by atomic mass is 9.71. The van der Waals surface area contributed by atoms with Crippen LogP contribution in [0, 0.1) is 5.41 Å². The molecular formula is C33H36N2O13. The Morgan fingerprint density at radius 3 is 2.69 bits per heavy atom. The van der Waals surface area contributed by atoms with Gasteiger partial charge in [0.05, 0.1) is 48.3 Å². The maximum absolute atomic E-state index is 13.8. The van der Waals surface area contributed by atoms with Crippen LogP contribution in [0.4, 0.5) is 0 Å². The minimum absolute atomic E-state index is 0.000623. The van der Waals surface area contributed by atoms with Crippen molar-refractivity contribution >= 4 is 23.8 Å². The standard InChI is InChI=1S/C33H36N2O13/c1-14-30-17(35-7-8-45-32(43-3)31(35)48-30)9-21(46-14)47-19-11-33(41,20(37)12-44-13-36)10-16-23(19)29(40)24-25(28(16)39)27(38)15-5-4-6-18(42-2)22(15)26(24)34/h4-6,13-14,17,19,21,30-32,34,39-41H,7-12H2,1-3H3. The molecular weight excluding hydrogens is 632 g/mol. The van der Waals surface area contributed by atoms with Gasteiger partial charge in [0.2, 0.25) is 5.78 Å². The number of ketones is 2. The van der Waals surface area contributed by atoms with E-state index in [9.17, 15) is 29.7 Å². The van der Waals surface area contributed by atoms with E-state index in [4.69, 9.17) is 33.8 Å². The largest absolute Gasteiger partial charge is 0.507 e. The van der Waals surface area contributed by atoms with E-state index in [1.54, 1.807) is 12.1 Å². The van der Waals surface area contributed by atoms with E-state index in [1.807, 2.05) is 6.92 Å². The van der Waals surface area contributed by atoms with Gasteiger partial charge in [0, 0.05) is 55.6 Å². The van der Waals surface area contributed by atoms with E-state index in [0.717, 1.165) is 0 Å². The van der Waals surface area contributed by atoms with Gasteiger partial charge in [-0.1, -0.05) is 12.1 Å². The van der Waals surface area contributed by atoms with Crippen molar-refractivity contribution in [2.24, 2.45) is 0 Å². The Kier molecular flexibility index (Phi) is 8.26. The number of ether oxygens (including phenoxy) is 7. The predicted octanol–water partition coefficient (Wildman–Crippen LogP) is 1.08. The number of nitrogens with one attached hydrogen (secondary N) is 1. The van der Waals surface area contributed by atoms with Crippen LogP contribution >= 0.6 is 0 Å². The van der Waals surface area contributed by atoms with Crippen molar-refractivity contribution in [2.75, 3.05) is 34.0 Å². The minimum atomic E-state index is -2.23. The lowest BCUT2D eigenvalue weighted by Crippen LogP contribution is -2.55. The summed E-state index contributed by atoms with van der Waals surface area (Å²) in [5.74, 6) is -2.45. The van der Waals surface area contributed by atoms with E-state index < -0.39 is 79.1 Å². The number of benzene rings is 2. The number of phenols is 2. The van der Waals surface area contributed by atoms with Crippen molar-refractivity contribution in [1.82, 2.24) is 4.90 Å². The van der Waals surface area contributed by atoms with Gasteiger partial charge in [-0.15, -0.1) is 0 Å². The number of hydrogen-bond acceptors (Lipinski definition) is 15. The normalized spacial score (nSPS) is 32.4. The Bertz CT molecular complexity index is 1700. The SMILES string of the molecule is COc1cccc2c1C(=N)c1c(O)c3c(c(O)c1C2=O)CC(O)(C(=O)COC=O)CC3OC1CC2C(OC3C(OC)OCCN23)C(C)O1. The zero-order valence-electron chi connectivity index (χ0n) is 26.5. The molecule has 8 atom stereocenters. The van der Waals surface area contributed by atoms with Gasteiger partial charge in [-0.05, 0) is 13.0 Å². The van der Waals surface area contributed by atoms with Gasteiger partial charge < -0.3 is 48.5 Å². The summed E-state index contributed by atoms with van der Waals surface area (Å²) in [6, 6.07) is 4.45. The number of carbonyl (C=O) groups is 3. The maximum Gasteiger partial charge on any atom is 0.293 e. The third kappa shape index (κ3) is 4.91.